The first kappa shape index (κ1) is 14.7. The van der Waals surface area contributed by atoms with Gasteiger partial charge in [0.05, 0.1) is 0 Å². The molecule has 0 N–H and O–H groups in total. The van der Waals surface area contributed by atoms with E-state index in [9.17, 15) is 26.7 Å². The van der Waals surface area contributed by atoms with Crippen molar-refractivity contribution in [1.82, 2.24) is 0 Å². The number of esters is 1. The molecule has 2 atom stereocenters. The first-order chi connectivity index (χ1) is 9.23. The van der Waals surface area contributed by atoms with Gasteiger partial charge in [0.25, 0.3) is 0 Å². The number of ether oxygens (including phenoxy) is 2. The summed E-state index contributed by atoms with van der Waals surface area (Å²) in [5.41, 5.74) is 0.733. The lowest BCUT2D eigenvalue weighted by Crippen LogP contribution is -2.45. The Kier molecular flexibility index (Phi) is 3.68. The summed E-state index contributed by atoms with van der Waals surface area (Å²) in [5, 5.41) is 0. The first-order valence-corrected chi connectivity index (χ1v) is 5.55. The number of rotatable bonds is 4. The van der Waals surface area contributed by atoms with Crippen LogP contribution >= 0.6 is 0 Å². The fraction of sp³-hybridized carbons (Fsp3) is 0.417. The van der Waals surface area contributed by atoms with Gasteiger partial charge in [-0.3, -0.25) is 0 Å². The summed E-state index contributed by atoms with van der Waals surface area (Å²) >= 11 is 0. The van der Waals surface area contributed by atoms with Crippen LogP contribution in [0.4, 0.5) is 22.0 Å². The fourth-order valence-corrected chi connectivity index (χ4v) is 1.57. The fourth-order valence-electron chi connectivity index (χ4n) is 1.57. The van der Waals surface area contributed by atoms with E-state index in [-0.39, 0.29) is 0 Å². The second kappa shape index (κ2) is 5.01. The molecule has 0 bridgehead atoms. The molecule has 110 valence electrons. The molecule has 1 fully saturated rings. The largest absolute Gasteiger partial charge is 0.465 e. The highest BCUT2D eigenvalue weighted by Gasteiger charge is 2.65. The van der Waals surface area contributed by atoms with Gasteiger partial charge in [-0.2, -0.15) is 22.0 Å². The Balaban J connectivity index is 1.85. The summed E-state index contributed by atoms with van der Waals surface area (Å²) in [6.07, 6.45) is -7.12. The lowest BCUT2D eigenvalue weighted by atomic mass is 10.1. The van der Waals surface area contributed by atoms with Gasteiger partial charge in [0.1, 0.15) is 18.8 Å². The van der Waals surface area contributed by atoms with Crippen molar-refractivity contribution in [2.75, 3.05) is 6.61 Å². The molecule has 0 spiro atoms. The van der Waals surface area contributed by atoms with Crippen LogP contribution in [-0.4, -0.2) is 30.8 Å². The summed E-state index contributed by atoms with van der Waals surface area (Å²) in [7, 11) is 0. The third-order valence-corrected chi connectivity index (χ3v) is 2.70. The monoisotopic (exact) mass is 296 g/mol. The Hall–Kier alpha value is -1.70. The SMILES string of the molecule is O=C(OCC1OC1c1ccccc1)C(F)(F)C(F)(F)F. The number of benzene rings is 1. The minimum atomic E-state index is -5.96. The van der Waals surface area contributed by atoms with E-state index >= 15 is 0 Å². The molecule has 0 aromatic heterocycles. The van der Waals surface area contributed by atoms with Gasteiger partial charge in [-0.1, -0.05) is 30.3 Å². The first-order valence-electron chi connectivity index (χ1n) is 5.55. The highest BCUT2D eigenvalue weighted by molar-refractivity contribution is 5.78. The summed E-state index contributed by atoms with van der Waals surface area (Å²) in [6, 6.07) is 8.61. The van der Waals surface area contributed by atoms with Crippen molar-refractivity contribution >= 4 is 5.97 Å². The Morgan fingerprint density at radius 2 is 1.75 bits per heavy atom. The maximum atomic E-state index is 12.6. The zero-order valence-corrected chi connectivity index (χ0v) is 9.86. The average Bonchev–Trinajstić information content (AvgIpc) is 3.15. The third-order valence-electron chi connectivity index (χ3n) is 2.70. The molecule has 8 heteroatoms. The van der Waals surface area contributed by atoms with Crippen LogP contribution in [-0.2, 0) is 14.3 Å². The van der Waals surface area contributed by atoms with E-state index < -0.39 is 36.9 Å². The van der Waals surface area contributed by atoms with E-state index in [1.54, 1.807) is 30.3 Å². The van der Waals surface area contributed by atoms with Crippen LogP contribution in [0.5, 0.6) is 0 Å². The summed E-state index contributed by atoms with van der Waals surface area (Å²) in [4.78, 5) is 10.7. The highest BCUT2D eigenvalue weighted by Crippen LogP contribution is 2.40. The van der Waals surface area contributed by atoms with E-state index in [0.717, 1.165) is 5.56 Å². The van der Waals surface area contributed by atoms with Crippen molar-refractivity contribution in [1.29, 1.82) is 0 Å². The number of carbonyl (C=O) groups excluding carboxylic acids is 1. The van der Waals surface area contributed by atoms with Crippen LogP contribution < -0.4 is 0 Å². The van der Waals surface area contributed by atoms with Gasteiger partial charge in [0.15, 0.2) is 0 Å². The van der Waals surface area contributed by atoms with Crippen molar-refractivity contribution in [3.63, 3.8) is 0 Å². The van der Waals surface area contributed by atoms with Crippen molar-refractivity contribution < 1.29 is 36.2 Å². The lowest BCUT2D eigenvalue weighted by molar-refractivity contribution is -0.280. The van der Waals surface area contributed by atoms with Gasteiger partial charge in [0.2, 0.25) is 0 Å². The molecule has 1 aliphatic heterocycles. The minimum absolute atomic E-state index is 0.455. The molecule has 2 rings (SSSR count). The molecule has 0 aliphatic carbocycles. The lowest BCUT2D eigenvalue weighted by Gasteiger charge is -2.17. The topological polar surface area (TPSA) is 38.8 Å². The Morgan fingerprint density at radius 1 is 1.15 bits per heavy atom. The molecule has 3 nitrogen and oxygen atoms in total. The molecular formula is C12H9F5O3. The molecule has 1 aliphatic rings. The number of alkyl halides is 5. The van der Waals surface area contributed by atoms with E-state index in [1.165, 1.54) is 0 Å². The van der Waals surface area contributed by atoms with Crippen molar-refractivity contribution in [3.8, 4) is 0 Å². The van der Waals surface area contributed by atoms with Gasteiger partial charge in [-0.15, -0.1) is 0 Å². The summed E-state index contributed by atoms with van der Waals surface area (Å²) in [5.74, 6) is -8.13. The van der Waals surface area contributed by atoms with Gasteiger partial charge < -0.3 is 9.47 Å². The molecule has 0 amide bonds. The van der Waals surface area contributed by atoms with Gasteiger partial charge in [-0.05, 0) is 5.56 Å². The smallest absolute Gasteiger partial charge is 0.458 e. The van der Waals surface area contributed by atoms with Crippen molar-refractivity contribution in [2.45, 2.75) is 24.3 Å². The van der Waals surface area contributed by atoms with Crippen LogP contribution in [0.25, 0.3) is 0 Å². The van der Waals surface area contributed by atoms with Crippen LogP contribution in [0, 0.1) is 0 Å². The number of hydrogen-bond acceptors (Lipinski definition) is 3. The molecule has 20 heavy (non-hydrogen) atoms. The second-order valence-corrected chi connectivity index (χ2v) is 4.18. The molecule has 1 aromatic carbocycles. The minimum Gasteiger partial charge on any atom is -0.458 e. The Bertz CT molecular complexity index is 486. The van der Waals surface area contributed by atoms with Crippen LogP contribution in [0.1, 0.15) is 11.7 Å². The average molecular weight is 296 g/mol. The zero-order chi connectivity index (χ0) is 15.0. The standard InChI is InChI=1S/C12H9F5O3/c13-11(14,12(15,16)17)10(18)19-6-8-9(20-8)7-4-2-1-3-5-7/h1-5,8-9H,6H2. The third kappa shape index (κ3) is 2.90. The summed E-state index contributed by atoms with van der Waals surface area (Å²) < 4.78 is 69.8. The molecular weight excluding hydrogens is 287 g/mol. The number of hydrogen-bond donors (Lipinski definition) is 0. The molecule has 0 radical (unpaired) electrons. The predicted molar refractivity (Wildman–Crippen MR) is 56.0 cm³/mol. The maximum Gasteiger partial charge on any atom is 0.465 e. The second-order valence-electron chi connectivity index (χ2n) is 4.18. The van der Waals surface area contributed by atoms with Gasteiger partial charge in [-0.25, -0.2) is 4.79 Å². The van der Waals surface area contributed by atoms with Crippen LogP contribution in [0.3, 0.4) is 0 Å². The quantitative estimate of drug-likeness (QED) is 0.487. The van der Waals surface area contributed by atoms with Crippen molar-refractivity contribution in [2.24, 2.45) is 0 Å². The molecule has 1 aromatic rings. The van der Waals surface area contributed by atoms with E-state index in [4.69, 9.17) is 4.74 Å². The molecule has 2 unspecified atom stereocenters. The molecule has 0 saturated carbocycles. The number of carbonyl (C=O) groups is 1. The zero-order valence-electron chi connectivity index (χ0n) is 9.86. The molecule has 1 heterocycles. The van der Waals surface area contributed by atoms with E-state index in [0.29, 0.717) is 0 Å². The normalized spacial score (nSPS) is 22.4. The van der Waals surface area contributed by atoms with Crippen LogP contribution in [0.15, 0.2) is 30.3 Å². The Morgan fingerprint density at radius 3 is 2.30 bits per heavy atom. The number of epoxide rings is 1. The van der Waals surface area contributed by atoms with E-state index in [1.807, 2.05) is 0 Å². The highest BCUT2D eigenvalue weighted by atomic mass is 19.4. The van der Waals surface area contributed by atoms with Crippen molar-refractivity contribution in [3.05, 3.63) is 35.9 Å². The van der Waals surface area contributed by atoms with Gasteiger partial charge >= 0.3 is 18.1 Å². The van der Waals surface area contributed by atoms with E-state index in [2.05, 4.69) is 4.74 Å². The van der Waals surface area contributed by atoms with Gasteiger partial charge in [0, 0.05) is 0 Å². The predicted octanol–water partition coefficient (Wildman–Crippen LogP) is 2.87. The Labute approximate surface area is 110 Å². The summed E-state index contributed by atoms with van der Waals surface area (Å²) in [6.45, 7) is -0.649. The van der Waals surface area contributed by atoms with Crippen LogP contribution in [0.2, 0.25) is 0 Å². The number of halogens is 5. The maximum absolute atomic E-state index is 12.6. The molecule has 1 saturated heterocycles.